The lowest BCUT2D eigenvalue weighted by atomic mass is 9.51. The van der Waals surface area contributed by atoms with Gasteiger partial charge in [0.1, 0.15) is 5.41 Å². The van der Waals surface area contributed by atoms with Gasteiger partial charge >= 0.3 is 6.18 Å². The average Bonchev–Trinajstić information content (AvgIpc) is 3.18. The highest BCUT2D eigenvalue weighted by Crippen LogP contribution is 2.65. The van der Waals surface area contributed by atoms with Crippen LogP contribution in [0, 0.1) is 16.7 Å². The second-order valence-electron chi connectivity index (χ2n) is 15.2. The Morgan fingerprint density at radius 2 is 1.26 bits per heavy atom. The zero-order chi connectivity index (χ0) is 32.2. The van der Waals surface area contributed by atoms with Gasteiger partial charge < -0.3 is 0 Å². The maximum Gasteiger partial charge on any atom is 0.402 e. The molecule has 0 bridgehead atoms. The minimum Gasteiger partial charge on any atom is -0.170 e. The second kappa shape index (κ2) is 11.4. The van der Waals surface area contributed by atoms with Crippen LogP contribution in [0.1, 0.15) is 103 Å². The maximum atomic E-state index is 15.8. The van der Waals surface area contributed by atoms with Crippen molar-refractivity contribution in [2.75, 3.05) is 5.33 Å². The van der Waals surface area contributed by atoms with Crippen molar-refractivity contribution in [2.24, 2.45) is 16.7 Å². The number of halogens is 4. The summed E-state index contributed by atoms with van der Waals surface area (Å²) in [4.78, 5) is 0. The van der Waals surface area contributed by atoms with E-state index in [9.17, 15) is 0 Å². The van der Waals surface area contributed by atoms with Crippen LogP contribution >= 0.6 is 15.9 Å². The third kappa shape index (κ3) is 5.14. The molecule has 3 aromatic rings. The van der Waals surface area contributed by atoms with Gasteiger partial charge in [-0.05, 0) is 67.5 Å². The molecule has 0 spiro atoms. The van der Waals surface area contributed by atoms with Crippen LogP contribution in [0.5, 0.6) is 0 Å². The average molecular weight is 652 g/mol. The Hall–Kier alpha value is -2.01. The molecule has 0 aliphatic heterocycles. The molecule has 1 aliphatic carbocycles. The van der Waals surface area contributed by atoms with Gasteiger partial charge in [0.25, 0.3) is 0 Å². The molecule has 3 atom stereocenters. The Labute approximate surface area is 267 Å². The third-order valence-electron chi connectivity index (χ3n) is 10.4. The van der Waals surface area contributed by atoms with E-state index in [1.54, 1.807) is 57.2 Å². The number of hydrogen-bond acceptors (Lipinski definition) is 0. The highest BCUT2D eigenvalue weighted by molar-refractivity contribution is 9.09. The summed E-state index contributed by atoms with van der Waals surface area (Å²) in [5, 5.41) is 0.802. The molecular formula is C38H47BBrF3. The molecule has 4 rings (SSSR count). The Morgan fingerprint density at radius 3 is 1.70 bits per heavy atom. The lowest BCUT2D eigenvalue weighted by Gasteiger charge is -2.52. The van der Waals surface area contributed by atoms with Gasteiger partial charge in [0.05, 0.1) is 7.85 Å². The molecule has 3 aromatic carbocycles. The van der Waals surface area contributed by atoms with E-state index >= 15 is 13.2 Å². The van der Waals surface area contributed by atoms with Crippen molar-refractivity contribution >= 4 is 23.8 Å². The van der Waals surface area contributed by atoms with Crippen LogP contribution in [0.2, 0.25) is 6.32 Å². The van der Waals surface area contributed by atoms with Gasteiger partial charge in [-0.1, -0.05) is 158 Å². The lowest BCUT2D eigenvalue weighted by molar-refractivity contribution is -0.204. The summed E-state index contributed by atoms with van der Waals surface area (Å²) in [7, 11) is 6.29. The van der Waals surface area contributed by atoms with Crippen molar-refractivity contribution in [2.45, 2.75) is 104 Å². The van der Waals surface area contributed by atoms with Crippen LogP contribution in [0.3, 0.4) is 0 Å². The van der Waals surface area contributed by atoms with Crippen LogP contribution in [0.15, 0.2) is 66.7 Å². The molecule has 3 unspecified atom stereocenters. The van der Waals surface area contributed by atoms with E-state index in [2.05, 4.69) is 75.7 Å². The van der Waals surface area contributed by atoms with Crippen molar-refractivity contribution < 1.29 is 13.2 Å². The molecular weight excluding hydrogens is 604 g/mol. The summed E-state index contributed by atoms with van der Waals surface area (Å²) >= 11 is 3.71. The summed E-state index contributed by atoms with van der Waals surface area (Å²) < 4.78 is 47.5. The van der Waals surface area contributed by atoms with E-state index < -0.39 is 22.4 Å². The van der Waals surface area contributed by atoms with E-state index in [0.717, 1.165) is 34.9 Å². The van der Waals surface area contributed by atoms with Crippen LogP contribution in [0.4, 0.5) is 13.2 Å². The molecule has 0 heterocycles. The number of rotatable bonds is 8. The molecule has 5 heteroatoms. The first-order valence-corrected chi connectivity index (χ1v) is 16.6. The monoisotopic (exact) mass is 650 g/mol. The first-order valence-electron chi connectivity index (χ1n) is 15.5. The number of fused-ring (bicyclic) bond motifs is 3. The van der Waals surface area contributed by atoms with E-state index in [0.29, 0.717) is 11.9 Å². The molecule has 0 amide bonds. The van der Waals surface area contributed by atoms with Crippen LogP contribution in [-0.2, 0) is 16.2 Å². The quantitative estimate of drug-likeness (QED) is 0.168. The smallest absolute Gasteiger partial charge is 0.170 e. The summed E-state index contributed by atoms with van der Waals surface area (Å²) in [5.74, 6) is 0.130. The van der Waals surface area contributed by atoms with E-state index in [1.807, 2.05) is 12.1 Å². The zero-order valence-corrected chi connectivity index (χ0v) is 28.9. The molecule has 0 aromatic heterocycles. The second-order valence-corrected chi connectivity index (χ2v) is 16.0. The molecule has 230 valence electrons. The van der Waals surface area contributed by atoms with Crippen molar-refractivity contribution in [1.82, 2.24) is 0 Å². The lowest BCUT2D eigenvalue weighted by Crippen LogP contribution is -2.53. The summed E-state index contributed by atoms with van der Waals surface area (Å²) in [6.07, 6.45) is -2.43. The van der Waals surface area contributed by atoms with Gasteiger partial charge in [-0.3, -0.25) is 0 Å². The SMILES string of the molecule is [B]CCC(C)(C)C1(C(C)CCBr)c2cc(C(C)(C)C)ccc2-c2ccc(C(c3ccccc3)(C(C)(C)C)C(F)(F)F)cc21. The minimum absolute atomic E-state index is 0.0810. The fraction of sp³-hybridized carbons (Fsp3) is 0.526. The molecule has 0 N–H and O–H groups in total. The molecule has 0 nitrogen and oxygen atoms in total. The van der Waals surface area contributed by atoms with E-state index in [4.69, 9.17) is 7.85 Å². The first-order chi connectivity index (χ1) is 19.8. The Morgan fingerprint density at radius 1 is 0.744 bits per heavy atom. The third-order valence-corrected chi connectivity index (χ3v) is 10.8. The van der Waals surface area contributed by atoms with Gasteiger partial charge in [0.15, 0.2) is 0 Å². The van der Waals surface area contributed by atoms with Crippen molar-refractivity contribution in [3.05, 3.63) is 94.5 Å². The zero-order valence-electron chi connectivity index (χ0n) is 27.3. The van der Waals surface area contributed by atoms with Gasteiger partial charge in [-0.15, -0.1) is 0 Å². The molecule has 0 saturated heterocycles. The molecule has 43 heavy (non-hydrogen) atoms. The summed E-state index contributed by atoms with van der Waals surface area (Å²) in [5.41, 5.74) is 1.79. The summed E-state index contributed by atoms with van der Waals surface area (Å²) in [6, 6.07) is 20.9. The van der Waals surface area contributed by atoms with E-state index in [-0.39, 0.29) is 22.3 Å². The summed E-state index contributed by atoms with van der Waals surface area (Å²) in [6.45, 7) is 18.6. The van der Waals surface area contributed by atoms with Crippen molar-refractivity contribution in [3.8, 4) is 11.1 Å². The highest BCUT2D eigenvalue weighted by Gasteiger charge is 2.64. The number of alkyl halides is 4. The Bertz CT molecular complexity index is 1430. The fourth-order valence-corrected chi connectivity index (χ4v) is 9.08. The molecule has 2 radical (unpaired) electrons. The van der Waals surface area contributed by atoms with Gasteiger partial charge in [-0.2, -0.15) is 13.2 Å². The first kappa shape index (κ1) is 33.9. The van der Waals surface area contributed by atoms with Crippen molar-refractivity contribution in [3.63, 3.8) is 0 Å². The predicted octanol–water partition coefficient (Wildman–Crippen LogP) is 11.6. The topological polar surface area (TPSA) is 0 Å². The largest absolute Gasteiger partial charge is 0.402 e. The standard InChI is InChI=1S/C38H47BBrF3/c1-25(19-22-40)36(35(8,9)20-21-39)31-23-27(33(2,3)4)15-17-29(31)30-18-16-28(24-32(30)36)37(34(5,6)7,38(41,42)43)26-13-11-10-12-14-26/h10-18,23-25H,19-22H2,1-9H3. The van der Waals surface area contributed by atoms with Gasteiger partial charge in [0, 0.05) is 10.7 Å². The molecule has 1 aliphatic rings. The molecule has 0 fully saturated rings. The van der Waals surface area contributed by atoms with Crippen LogP contribution in [-0.4, -0.2) is 19.4 Å². The highest BCUT2D eigenvalue weighted by atomic mass is 79.9. The number of hydrogen-bond donors (Lipinski definition) is 0. The normalized spacial score (nSPS) is 19.5. The predicted molar refractivity (Wildman–Crippen MR) is 181 cm³/mol. The Kier molecular flexibility index (Phi) is 8.99. The molecule has 0 saturated carbocycles. The van der Waals surface area contributed by atoms with Crippen LogP contribution in [0.25, 0.3) is 11.1 Å². The minimum atomic E-state index is -4.54. The van der Waals surface area contributed by atoms with E-state index in [1.165, 1.54) is 11.1 Å². The van der Waals surface area contributed by atoms with Gasteiger partial charge in [0.2, 0.25) is 0 Å². The Balaban J connectivity index is 2.21. The number of benzene rings is 3. The van der Waals surface area contributed by atoms with Crippen molar-refractivity contribution in [1.29, 1.82) is 0 Å². The van der Waals surface area contributed by atoms with Gasteiger partial charge in [-0.25, -0.2) is 0 Å². The van der Waals surface area contributed by atoms with Crippen LogP contribution < -0.4 is 0 Å². The fourth-order valence-electron chi connectivity index (χ4n) is 8.39. The maximum absolute atomic E-state index is 15.8.